The third kappa shape index (κ3) is 5.03. The SMILES string of the molecule is COC(=O)C1=C(C)NC(C)(c2ccccc2)C(C(=O)OC)C1Nc1nccs1.O=[N+]([O-])c1ccc2cc1-2. The van der Waals surface area contributed by atoms with Crippen LogP contribution in [0, 0.1) is 16.0 Å². The number of carbonyl (C=O) groups excluding carboxylic acids is 2. The van der Waals surface area contributed by atoms with Crippen molar-refractivity contribution in [2.24, 2.45) is 5.92 Å². The molecule has 2 aliphatic carbocycles. The number of allylic oxidation sites excluding steroid dienone is 1. The van der Waals surface area contributed by atoms with E-state index in [1.165, 1.54) is 31.6 Å². The Kier molecular flexibility index (Phi) is 7.25. The Morgan fingerprint density at radius 3 is 2.38 bits per heavy atom. The minimum absolute atomic E-state index is 0.241. The predicted molar refractivity (Wildman–Crippen MR) is 139 cm³/mol. The summed E-state index contributed by atoms with van der Waals surface area (Å²) in [6.45, 7) is 3.73. The summed E-state index contributed by atoms with van der Waals surface area (Å²) in [5, 5.41) is 19.1. The third-order valence-electron chi connectivity index (χ3n) is 6.48. The number of aromatic nitrogens is 1. The standard InChI is InChI=1S/C20H23N3O4S.C6H3NO2/c1-12-14(17(24)26-3)16(22-19-21-10-11-28-19)15(18(25)27-4)20(2,23-12)13-8-6-5-7-9-13;8-7(9)6-2-1-4-3-5(4)6/h5-11,15-16,23H,1-4H3,(H,21,22);1-3H. The summed E-state index contributed by atoms with van der Waals surface area (Å²) < 4.78 is 10.1. The van der Waals surface area contributed by atoms with Crippen LogP contribution in [-0.2, 0) is 24.6 Å². The number of fused-ring (bicyclic) bond motifs is 1. The Balaban J connectivity index is 0.000000295. The summed E-state index contributed by atoms with van der Waals surface area (Å²) in [7, 11) is 2.67. The van der Waals surface area contributed by atoms with E-state index in [0.717, 1.165) is 16.7 Å². The summed E-state index contributed by atoms with van der Waals surface area (Å²) in [6, 6.07) is 14.0. The van der Waals surface area contributed by atoms with Gasteiger partial charge >= 0.3 is 11.9 Å². The van der Waals surface area contributed by atoms with Crippen molar-refractivity contribution < 1.29 is 24.0 Å². The van der Waals surface area contributed by atoms with Crippen LogP contribution in [0.4, 0.5) is 10.8 Å². The Morgan fingerprint density at radius 1 is 1.16 bits per heavy atom. The summed E-state index contributed by atoms with van der Waals surface area (Å²) in [6.07, 6.45) is 1.66. The molecule has 1 aromatic carbocycles. The fraction of sp³-hybridized carbons (Fsp3) is 0.269. The normalized spacial score (nSPS) is 21.1. The van der Waals surface area contributed by atoms with Gasteiger partial charge in [-0.1, -0.05) is 30.3 Å². The van der Waals surface area contributed by atoms with Gasteiger partial charge in [0.25, 0.3) is 5.69 Å². The second-order valence-electron chi connectivity index (χ2n) is 8.67. The average molecular weight is 523 g/mol. The molecule has 2 heterocycles. The zero-order valence-corrected chi connectivity index (χ0v) is 21.5. The Morgan fingerprint density at radius 2 is 1.89 bits per heavy atom. The van der Waals surface area contributed by atoms with Crippen LogP contribution in [0.15, 0.2) is 71.4 Å². The molecule has 0 spiro atoms. The number of methoxy groups -OCH3 is 2. The van der Waals surface area contributed by atoms with Gasteiger partial charge in [0.2, 0.25) is 0 Å². The number of hydrogen-bond acceptors (Lipinski definition) is 10. The van der Waals surface area contributed by atoms with Gasteiger partial charge in [-0.3, -0.25) is 14.9 Å². The minimum Gasteiger partial charge on any atom is -0.469 e. The number of benzene rings is 2. The van der Waals surface area contributed by atoms with Gasteiger partial charge in [0.15, 0.2) is 5.13 Å². The lowest BCUT2D eigenvalue weighted by Gasteiger charge is -2.46. The van der Waals surface area contributed by atoms with Crippen LogP contribution in [0.25, 0.3) is 11.1 Å². The van der Waals surface area contributed by atoms with Crippen molar-refractivity contribution in [2.75, 3.05) is 19.5 Å². The van der Waals surface area contributed by atoms with E-state index < -0.39 is 29.4 Å². The summed E-state index contributed by atoms with van der Waals surface area (Å²) in [5.74, 6) is -1.70. The highest BCUT2D eigenvalue weighted by Crippen LogP contribution is 2.43. The van der Waals surface area contributed by atoms with Crippen molar-refractivity contribution in [3.8, 4) is 11.1 Å². The molecule has 0 bridgehead atoms. The first-order valence-electron chi connectivity index (χ1n) is 11.4. The van der Waals surface area contributed by atoms with Gasteiger partial charge < -0.3 is 20.1 Å². The average Bonchev–Trinajstić information content (AvgIpc) is 3.26. The van der Waals surface area contributed by atoms with Crippen molar-refractivity contribution in [2.45, 2.75) is 25.4 Å². The Labute approximate surface area is 217 Å². The molecular weight excluding hydrogens is 496 g/mol. The number of anilines is 1. The van der Waals surface area contributed by atoms with E-state index >= 15 is 0 Å². The lowest BCUT2D eigenvalue weighted by Crippen LogP contribution is -2.60. The van der Waals surface area contributed by atoms with E-state index in [4.69, 9.17) is 9.47 Å². The van der Waals surface area contributed by atoms with Crippen LogP contribution in [0.3, 0.4) is 0 Å². The molecular formula is C26H26N4O6S. The van der Waals surface area contributed by atoms with Gasteiger partial charge in [0.05, 0.1) is 41.9 Å². The number of nitrogens with one attached hydrogen (secondary N) is 2. The molecule has 0 radical (unpaired) electrons. The fourth-order valence-corrected chi connectivity index (χ4v) is 5.24. The Bertz CT molecular complexity index is 1360. The molecule has 2 aromatic rings. The van der Waals surface area contributed by atoms with Crippen LogP contribution >= 0.6 is 11.3 Å². The van der Waals surface area contributed by atoms with Crippen molar-refractivity contribution in [1.82, 2.24) is 10.3 Å². The van der Waals surface area contributed by atoms with E-state index in [1.54, 1.807) is 25.3 Å². The topological polar surface area (TPSA) is 133 Å². The van der Waals surface area contributed by atoms with Crippen LogP contribution in [0.5, 0.6) is 0 Å². The van der Waals surface area contributed by atoms with Crippen molar-refractivity contribution in [1.29, 1.82) is 0 Å². The van der Waals surface area contributed by atoms with Gasteiger partial charge in [0.1, 0.15) is 5.92 Å². The minimum atomic E-state index is -0.815. The molecule has 192 valence electrons. The monoisotopic (exact) mass is 522 g/mol. The molecule has 0 saturated heterocycles. The number of nitro groups is 1. The van der Waals surface area contributed by atoms with Crippen molar-refractivity contribution in [3.05, 3.63) is 87.1 Å². The molecule has 1 aliphatic heterocycles. The number of esters is 2. The predicted octanol–water partition coefficient (Wildman–Crippen LogP) is 4.25. The first kappa shape index (κ1) is 25.8. The molecule has 37 heavy (non-hydrogen) atoms. The Hall–Kier alpha value is -4.25. The number of nitro benzene ring substituents is 1. The molecule has 0 fully saturated rings. The van der Waals surface area contributed by atoms with Crippen LogP contribution in [-0.4, -0.2) is 42.1 Å². The third-order valence-corrected chi connectivity index (χ3v) is 7.19. The molecule has 3 atom stereocenters. The highest BCUT2D eigenvalue weighted by Gasteiger charge is 2.52. The lowest BCUT2D eigenvalue weighted by atomic mass is 9.70. The molecule has 5 rings (SSSR count). The molecule has 11 heteroatoms. The van der Waals surface area contributed by atoms with E-state index in [2.05, 4.69) is 15.6 Å². The highest BCUT2D eigenvalue weighted by atomic mass is 32.1. The maximum atomic E-state index is 13.0. The van der Waals surface area contributed by atoms with Crippen molar-refractivity contribution >= 4 is 34.1 Å². The lowest BCUT2D eigenvalue weighted by molar-refractivity contribution is -0.383. The van der Waals surface area contributed by atoms with Gasteiger partial charge in [0, 0.05) is 23.3 Å². The molecule has 0 amide bonds. The van der Waals surface area contributed by atoms with Gasteiger partial charge in [-0.15, -0.1) is 11.3 Å². The number of nitrogens with zero attached hydrogens (tertiary/aromatic N) is 2. The molecule has 10 nitrogen and oxygen atoms in total. The quantitative estimate of drug-likeness (QED) is 0.217. The first-order valence-corrected chi connectivity index (χ1v) is 12.2. The van der Waals surface area contributed by atoms with Crippen molar-refractivity contribution in [3.63, 3.8) is 0 Å². The van der Waals surface area contributed by atoms with E-state index in [9.17, 15) is 19.7 Å². The first-order chi connectivity index (χ1) is 17.7. The van der Waals surface area contributed by atoms with E-state index in [-0.39, 0.29) is 10.6 Å². The maximum Gasteiger partial charge on any atom is 0.337 e. The van der Waals surface area contributed by atoms with Crippen LogP contribution in [0.2, 0.25) is 0 Å². The fourth-order valence-electron chi connectivity index (χ4n) is 4.67. The molecule has 1 aromatic heterocycles. The molecule has 0 saturated carbocycles. The molecule has 3 unspecified atom stereocenters. The number of rotatable bonds is 6. The van der Waals surface area contributed by atoms with Crippen LogP contribution < -0.4 is 10.6 Å². The summed E-state index contributed by atoms with van der Waals surface area (Å²) in [5.41, 5.74) is 3.13. The van der Waals surface area contributed by atoms with Gasteiger partial charge in [-0.05, 0) is 37.1 Å². The summed E-state index contributed by atoms with van der Waals surface area (Å²) in [4.78, 5) is 39.6. The molecule has 3 aliphatic rings. The molecule has 2 N–H and O–H groups in total. The van der Waals surface area contributed by atoms with Crippen LogP contribution in [0.1, 0.15) is 19.4 Å². The smallest absolute Gasteiger partial charge is 0.337 e. The van der Waals surface area contributed by atoms with E-state index in [1.807, 2.05) is 42.6 Å². The highest BCUT2D eigenvalue weighted by molar-refractivity contribution is 7.13. The second-order valence-corrected chi connectivity index (χ2v) is 9.57. The number of carbonyl (C=O) groups is 2. The second kappa shape index (κ2) is 10.4. The van der Waals surface area contributed by atoms with E-state index in [0.29, 0.717) is 16.4 Å². The number of ether oxygens (including phenoxy) is 2. The zero-order valence-electron chi connectivity index (χ0n) is 20.7. The largest absolute Gasteiger partial charge is 0.469 e. The van der Waals surface area contributed by atoms with Gasteiger partial charge in [-0.2, -0.15) is 0 Å². The summed E-state index contributed by atoms with van der Waals surface area (Å²) >= 11 is 1.39. The number of hydrogen-bond donors (Lipinski definition) is 2. The zero-order chi connectivity index (χ0) is 26.7. The maximum absolute atomic E-state index is 13.0. The van der Waals surface area contributed by atoms with Gasteiger partial charge in [-0.25, -0.2) is 9.78 Å². The number of thiazole rings is 1.